The Labute approximate surface area is 95.3 Å². The standard InChI is InChI=1S/C13H16N2O/c1-9(2)15-13(16)12(8-14-15)11-6-4-5-10(3)7-11/h4-9,16H,1-3H3. The number of aryl methyl sites for hydroxylation is 1. The van der Waals surface area contributed by atoms with E-state index in [1.807, 2.05) is 45.0 Å². The van der Waals surface area contributed by atoms with Gasteiger partial charge >= 0.3 is 0 Å². The van der Waals surface area contributed by atoms with E-state index in [0.29, 0.717) is 0 Å². The number of aromatic hydroxyl groups is 1. The van der Waals surface area contributed by atoms with Crippen LogP contribution in [0.4, 0.5) is 0 Å². The van der Waals surface area contributed by atoms with Crippen molar-refractivity contribution >= 4 is 0 Å². The molecule has 2 aromatic rings. The predicted molar refractivity (Wildman–Crippen MR) is 64.4 cm³/mol. The zero-order valence-electron chi connectivity index (χ0n) is 9.81. The van der Waals surface area contributed by atoms with Crippen LogP contribution in [0, 0.1) is 6.92 Å². The average Bonchev–Trinajstić information content (AvgIpc) is 2.60. The number of benzene rings is 1. The Hall–Kier alpha value is -1.77. The number of hydrogen-bond donors (Lipinski definition) is 1. The molecule has 0 fully saturated rings. The molecule has 84 valence electrons. The minimum Gasteiger partial charge on any atom is -0.493 e. The second-order valence-corrected chi connectivity index (χ2v) is 4.29. The summed E-state index contributed by atoms with van der Waals surface area (Å²) < 4.78 is 1.62. The predicted octanol–water partition coefficient (Wildman–Crippen LogP) is 3.15. The summed E-state index contributed by atoms with van der Waals surface area (Å²) in [5, 5.41) is 14.2. The van der Waals surface area contributed by atoms with E-state index in [1.165, 1.54) is 5.56 Å². The van der Waals surface area contributed by atoms with Crippen molar-refractivity contribution in [1.82, 2.24) is 9.78 Å². The molecule has 1 aromatic carbocycles. The summed E-state index contributed by atoms with van der Waals surface area (Å²) in [7, 11) is 0. The molecule has 1 heterocycles. The first kappa shape index (κ1) is 10.7. The van der Waals surface area contributed by atoms with E-state index in [4.69, 9.17) is 0 Å². The Kier molecular flexibility index (Phi) is 2.69. The molecule has 0 amide bonds. The number of aromatic nitrogens is 2. The molecule has 1 N–H and O–H groups in total. The van der Waals surface area contributed by atoms with Gasteiger partial charge in [-0.25, -0.2) is 4.68 Å². The molecule has 3 nitrogen and oxygen atoms in total. The van der Waals surface area contributed by atoms with Crippen molar-refractivity contribution in [3.8, 4) is 17.0 Å². The Morgan fingerprint density at radius 2 is 2.06 bits per heavy atom. The van der Waals surface area contributed by atoms with Gasteiger partial charge in [-0.05, 0) is 26.3 Å². The van der Waals surface area contributed by atoms with E-state index in [2.05, 4.69) is 5.10 Å². The van der Waals surface area contributed by atoms with Crippen LogP contribution in [0.1, 0.15) is 25.5 Å². The molecule has 0 saturated heterocycles. The van der Waals surface area contributed by atoms with Gasteiger partial charge in [0.1, 0.15) is 0 Å². The molecule has 0 spiro atoms. The summed E-state index contributed by atoms with van der Waals surface area (Å²) in [4.78, 5) is 0. The second kappa shape index (κ2) is 4.00. The van der Waals surface area contributed by atoms with Gasteiger partial charge in [0.2, 0.25) is 5.88 Å². The molecule has 0 aliphatic heterocycles. The van der Waals surface area contributed by atoms with Crippen molar-refractivity contribution in [3.63, 3.8) is 0 Å². The quantitative estimate of drug-likeness (QED) is 0.837. The van der Waals surface area contributed by atoms with Gasteiger partial charge in [-0.2, -0.15) is 5.10 Å². The minimum absolute atomic E-state index is 0.165. The molecule has 0 aliphatic carbocycles. The Balaban J connectivity index is 2.49. The molecular weight excluding hydrogens is 200 g/mol. The van der Waals surface area contributed by atoms with Crippen molar-refractivity contribution in [2.45, 2.75) is 26.8 Å². The fraction of sp³-hybridized carbons (Fsp3) is 0.308. The zero-order valence-corrected chi connectivity index (χ0v) is 9.81. The van der Waals surface area contributed by atoms with Gasteiger partial charge in [0.25, 0.3) is 0 Å². The van der Waals surface area contributed by atoms with Gasteiger partial charge in [-0.15, -0.1) is 0 Å². The highest BCUT2D eigenvalue weighted by Gasteiger charge is 2.12. The van der Waals surface area contributed by atoms with E-state index in [9.17, 15) is 5.11 Å². The highest BCUT2D eigenvalue weighted by Crippen LogP contribution is 2.30. The molecule has 0 unspecified atom stereocenters. The van der Waals surface area contributed by atoms with Crippen molar-refractivity contribution in [3.05, 3.63) is 36.0 Å². The third-order valence-electron chi connectivity index (χ3n) is 2.59. The van der Waals surface area contributed by atoms with Crippen molar-refractivity contribution < 1.29 is 5.11 Å². The molecular formula is C13H16N2O. The maximum absolute atomic E-state index is 10.0. The van der Waals surface area contributed by atoms with Crippen LogP contribution in [0.25, 0.3) is 11.1 Å². The van der Waals surface area contributed by atoms with Crippen LogP contribution in [0.3, 0.4) is 0 Å². The van der Waals surface area contributed by atoms with Gasteiger partial charge in [-0.1, -0.05) is 29.8 Å². The average molecular weight is 216 g/mol. The van der Waals surface area contributed by atoms with Gasteiger partial charge in [-0.3, -0.25) is 0 Å². The first-order valence-corrected chi connectivity index (χ1v) is 5.43. The summed E-state index contributed by atoms with van der Waals surface area (Å²) in [6.45, 7) is 6.02. The van der Waals surface area contributed by atoms with E-state index < -0.39 is 0 Å². The first-order valence-electron chi connectivity index (χ1n) is 5.43. The molecule has 0 atom stereocenters. The maximum Gasteiger partial charge on any atom is 0.217 e. The van der Waals surface area contributed by atoms with Gasteiger partial charge in [0, 0.05) is 0 Å². The van der Waals surface area contributed by atoms with Crippen LogP contribution in [-0.4, -0.2) is 14.9 Å². The Bertz CT molecular complexity index is 500. The lowest BCUT2D eigenvalue weighted by molar-refractivity contribution is 0.379. The van der Waals surface area contributed by atoms with E-state index in [0.717, 1.165) is 11.1 Å². The largest absolute Gasteiger partial charge is 0.493 e. The van der Waals surface area contributed by atoms with Crippen molar-refractivity contribution in [2.75, 3.05) is 0 Å². The molecule has 1 aromatic heterocycles. The van der Waals surface area contributed by atoms with Crippen LogP contribution in [-0.2, 0) is 0 Å². The van der Waals surface area contributed by atoms with E-state index >= 15 is 0 Å². The van der Waals surface area contributed by atoms with Gasteiger partial charge < -0.3 is 5.11 Å². The summed E-state index contributed by atoms with van der Waals surface area (Å²) in [5.74, 6) is 0.237. The third-order valence-corrected chi connectivity index (χ3v) is 2.59. The normalized spacial score (nSPS) is 11.0. The molecule has 16 heavy (non-hydrogen) atoms. The Morgan fingerprint density at radius 3 is 2.62 bits per heavy atom. The zero-order chi connectivity index (χ0) is 11.7. The van der Waals surface area contributed by atoms with Crippen molar-refractivity contribution in [2.24, 2.45) is 0 Å². The van der Waals surface area contributed by atoms with Crippen LogP contribution in [0.5, 0.6) is 5.88 Å². The second-order valence-electron chi connectivity index (χ2n) is 4.29. The SMILES string of the molecule is Cc1cccc(-c2cnn(C(C)C)c2O)c1. The van der Waals surface area contributed by atoms with Gasteiger partial charge in [0.05, 0.1) is 17.8 Å². The number of nitrogens with zero attached hydrogens (tertiary/aromatic N) is 2. The summed E-state index contributed by atoms with van der Waals surface area (Å²) in [6.07, 6.45) is 1.71. The van der Waals surface area contributed by atoms with Crippen LogP contribution < -0.4 is 0 Å². The topological polar surface area (TPSA) is 38.0 Å². The lowest BCUT2D eigenvalue weighted by Crippen LogP contribution is -2.01. The first-order chi connectivity index (χ1) is 7.59. The highest BCUT2D eigenvalue weighted by atomic mass is 16.3. The number of rotatable bonds is 2. The summed E-state index contributed by atoms with van der Waals surface area (Å²) >= 11 is 0. The van der Waals surface area contributed by atoms with E-state index in [-0.39, 0.29) is 11.9 Å². The Morgan fingerprint density at radius 1 is 1.31 bits per heavy atom. The number of hydrogen-bond acceptors (Lipinski definition) is 2. The smallest absolute Gasteiger partial charge is 0.217 e. The van der Waals surface area contributed by atoms with Crippen LogP contribution >= 0.6 is 0 Å². The van der Waals surface area contributed by atoms with Gasteiger partial charge in [0.15, 0.2) is 0 Å². The molecule has 0 saturated carbocycles. The molecule has 2 rings (SSSR count). The lowest BCUT2D eigenvalue weighted by Gasteiger charge is -2.07. The maximum atomic E-state index is 10.0. The van der Waals surface area contributed by atoms with Crippen LogP contribution in [0.2, 0.25) is 0 Å². The fourth-order valence-corrected chi connectivity index (χ4v) is 1.75. The molecule has 0 radical (unpaired) electrons. The summed E-state index contributed by atoms with van der Waals surface area (Å²) in [6, 6.07) is 8.21. The monoisotopic (exact) mass is 216 g/mol. The lowest BCUT2D eigenvalue weighted by atomic mass is 10.1. The summed E-state index contributed by atoms with van der Waals surface area (Å²) in [5.41, 5.74) is 2.97. The van der Waals surface area contributed by atoms with E-state index in [1.54, 1.807) is 10.9 Å². The highest BCUT2D eigenvalue weighted by molar-refractivity contribution is 5.68. The molecule has 0 aliphatic rings. The van der Waals surface area contributed by atoms with Crippen LogP contribution in [0.15, 0.2) is 30.5 Å². The molecule has 3 heteroatoms. The fourth-order valence-electron chi connectivity index (χ4n) is 1.75. The third kappa shape index (κ3) is 1.81. The molecule has 0 bridgehead atoms. The minimum atomic E-state index is 0.165. The van der Waals surface area contributed by atoms with Crippen molar-refractivity contribution in [1.29, 1.82) is 0 Å².